The maximum atomic E-state index is 11.8. The normalized spacial score (nSPS) is 10.6. The molecule has 0 saturated carbocycles. The standard InChI is InChI=1S/C7H3Br2ClF2O/c8-5-3(10)1-2-4(6(5)9)13-7(11)12/h1-2,7H. The van der Waals surface area contributed by atoms with Gasteiger partial charge in [-0.1, -0.05) is 11.6 Å². The third-order valence-electron chi connectivity index (χ3n) is 1.22. The maximum Gasteiger partial charge on any atom is 0.387 e. The zero-order chi connectivity index (χ0) is 10.0. The van der Waals surface area contributed by atoms with Crippen LogP contribution in [-0.4, -0.2) is 6.61 Å². The molecular weight excluding hydrogens is 333 g/mol. The van der Waals surface area contributed by atoms with Crippen molar-refractivity contribution in [2.45, 2.75) is 6.61 Å². The third kappa shape index (κ3) is 2.79. The van der Waals surface area contributed by atoms with Crippen LogP contribution in [0.4, 0.5) is 8.78 Å². The second-order valence-electron chi connectivity index (χ2n) is 2.05. The van der Waals surface area contributed by atoms with Gasteiger partial charge in [-0.2, -0.15) is 8.78 Å². The van der Waals surface area contributed by atoms with Crippen molar-refractivity contribution in [2.24, 2.45) is 0 Å². The van der Waals surface area contributed by atoms with E-state index in [0.717, 1.165) is 0 Å². The minimum Gasteiger partial charge on any atom is -0.434 e. The second kappa shape index (κ2) is 4.57. The largest absolute Gasteiger partial charge is 0.434 e. The molecule has 0 N–H and O–H groups in total. The fourth-order valence-electron chi connectivity index (χ4n) is 0.695. The van der Waals surface area contributed by atoms with Gasteiger partial charge in [-0.05, 0) is 44.0 Å². The summed E-state index contributed by atoms with van der Waals surface area (Å²) in [4.78, 5) is 0. The number of hydrogen-bond donors (Lipinski definition) is 0. The fourth-order valence-corrected chi connectivity index (χ4v) is 1.73. The van der Waals surface area contributed by atoms with Crippen molar-refractivity contribution in [1.29, 1.82) is 0 Å². The Morgan fingerprint density at radius 2 is 1.85 bits per heavy atom. The highest BCUT2D eigenvalue weighted by Crippen LogP contribution is 2.38. The van der Waals surface area contributed by atoms with Crippen LogP contribution in [-0.2, 0) is 0 Å². The highest BCUT2D eigenvalue weighted by molar-refractivity contribution is 9.13. The number of halogens is 5. The molecule has 1 aromatic rings. The summed E-state index contributed by atoms with van der Waals surface area (Å²) in [5.41, 5.74) is 0. The van der Waals surface area contributed by atoms with Crippen LogP contribution in [0.3, 0.4) is 0 Å². The van der Waals surface area contributed by atoms with Crippen molar-refractivity contribution >= 4 is 43.5 Å². The minimum atomic E-state index is -2.84. The number of ether oxygens (including phenoxy) is 1. The Morgan fingerprint density at radius 1 is 1.23 bits per heavy atom. The van der Waals surface area contributed by atoms with Crippen LogP contribution in [0.15, 0.2) is 21.1 Å². The summed E-state index contributed by atoms with van der Waals surface area (Å²) < 4.78 is 28.8. The van der Waals surface area contributed by atoms with Crippen molar-refractivity contribution in [3.63, 3.8) is 0 Å². The number of hydrogen-bond acceptors (Lipinski definition) is 1. The molecule has 0 atom stereocenters. The van der Waals surface area contributed by atoms with Gasteiger partial charge in [0.15, 0.2) is 0 Å². The van der Waals surface area contributed by atoms with Gasteiger partial charge in [-0.3, -0.25) is 0 Å². The molecule has 0 bridgehead atoms. The van der Waals surface area contributed by atoms with Gasteiger partial charge in [0.05, 0.1) is 14.0 Å². The van der Waals surface area contributed by atoms with Gasteiger partial charge in [-0.15, -0.1) is 0 Å². The van der Waals surface area contributed by atoms with Crippen molar-refractivity contribution in [2.75, 3.05) is 0 Å². The molecule has 0 radical (unpaired) electrons. The van der Waals surface area contributed by atoms with Crippen LogP contribution in [0.1, 0.15) is 0 Å². The lowest BCUT2D eigenvalue weighted by Gasteiger charge is -2.08. The molecular formula is C7H3Br2ClF2O. The summed E-state index contributed by atoms with van der Waals surface area (Å²) in [5, 5.41) is 0.425. The van der Waals surface area contributed by atoms with Gasteiger partial charge in [-0.25, -0.2) is 0 Å². The number of alkyl halides is 2. The molecule has 0 aliphatic carbocycles. The lowest BCUT2D eigenvalue weighted by Crippen LogP contribution is -2.02. The SMILES string of the molecule is FC(F)Oc1ccc(Cl)c(Br)c1Br. The smallest absolute Gasteiger partial charge is 0.387 e. The van der Waals surface area contributed by atoms with Crippen molar-refractivity contribution in [1.82, 2.24) is 0 Å². The van der Waals surface area contributed by atoms with Crippen molar-refractivity contribution in [3.05, 3.63) is 26.1 Å². The van der Waals surface area contributed by atoms with E-state index in [0.29, 0.717) is 14.0 Å². The molecule has 6 heteroatoms. The summed E-state index contributed by atoms with van der Waals surface area (Å²) in [7, 11) is 0. The summed E-state index contributed by atoms with van der Waals surface area (Å²) in [5.74, 6) is 0.0475. The quantitative estimate of drug-likeness (QED) is 0.724. The monoisotopic (exact) mass is 334 g/mol. The van der Waals surface area contributed by atoms with Crippen molar-refractivity contribution in [3.8, 4) is 5.75 Å². The second-order valence-corrected chi connectivity index (χ2v) is 4.05. The molecule has 0 unspecified atom stereocenters. The Bertz CT molecular complexity index is 320. The van der Waals surface area contributed by atoms with E-state index in [1.54, 1.807) is 0 Å². The molecule has 13 heavy (non-hydrogen) atoms. The zero-order valence-electron chi connectivity index (χ0n) is 6.03. The third-order valence-corrected chi connectivity index (χ3v) is 3.90. The number of benzene rings is 1. The molecule has 0 aromatic heterocycles. The number of rotatable bonds is 2. The lowest BCUT2D eigenvalue weighted by molar-refractivity contribution is -0.0503. The van der Waals surface area contributed by atoms with Gasteiger partial charge in [0.2, 0.25) is 0 Å². The zero-order valence-corrected chi connectivity index (χ0v) is 9.96. The summed E-state index contributed by atoms with van der Waals surface area (Å²) in [6.07, 6.45) is 0. The Balaban J connectivity index is 3.04. The van der Waals surface area contributed by atoms with E-state index >= 15 is 0 Å². The molecule has 0 heterocycles. The molecule has 0 spiro atoms. The van der Waals surface area contributed by atoms with E-state index in [-0.39, 0.29) is 5.75 Å². The Kier molecular flexibility index (Phi) is 3.94. The highest BCUT2D eigenvalue weighted by atomic mass is 79.9. The fraction of sp³-hybridized carbons (Fsp3) is 0.143. The maximum absolute atomic E-state index is 11.8. The van der Waals surface area contributed by atoms with E-state index in [1.807, 2.05) is 0 Å². The van der Waals surface area contributed by atoms with E-state index in [4.69, 9.17) is 11.6 Å². The first kappa shape index (κ1) is 11.2. The topological polar surface area (TPSA) is 9.23 Å². The van der Waals surface area contributed by atoms with Crippen LogP contribution < -0.4 is 4.74 Å². The van der Waals surface area contributed by atoms with Gasteiger partial charge in [0.25, 0.3) is 0 Å². The molecule has 0 fully saturated rings. The molecule has 0 amide bonds. The Hall–Kier alpha value is 0.130. The minimum absolute atomic E-state index is 0.0475. The van der Waals surface area contributed by atoms with Crippen LogP contribution in [0.2, 0.25) is 5.02 Å². The molecule has 0 aliphatic heterocycles. The average Bonchev–Trinajstić information content (AvgIpc) is 2.06. The Morgan fingerprint density at radius 3 is 2.38 bits per heavy atom. The van der Waals surface area contributed by atoms with E-state index in [9.17, 15) is 8.78 Å². The molecule has 1 rings (SSSR count). The van der Waals surface area contributed by atoms with Crippen LogP contribution in [0.5, 0.6) is 5.75 Å². The van der Waals surface area contributed by atoms with Gasteiger partial charge in [0, 0.05) is 0 Å². The van der Waals surface area contributed by atoms with Crippen LogP contribution in [0.25, 0.3) is 0 Å². The average molecular weight is 336 g/mol. The molecule has 0 aliphatic rings. The van der Waals surface area contributed by atoms with Gasteiger partial charge in [0.1, 0.15) is 5.75 Å². The van der Waals surface area contributed by atoms with E-state index in [1.165, 1.54) is 12.1 Å². The predicted molar refractivity (Wildman–Crippen MR) is 53.5 cm³/mol. The molecule has 1 aromatic carbocycles. The molecule has 1 nitrogen and oxygen atoms in total. The summed E-state index contributed by atoms with van der Waals surface area (Å²) >= 11 is 11.9. The summed E-state index contributed by atoms with van der Waals surface area (Å²) in [6.45, 7) is -2.84. The van der Waals surface area contributed by atoms with Gasteiger partial charge >= 0.3 is 6.61 Å². The lowest BCUT2D eigenvalue weighted by atomic mass is 10.3. The predicted octanol–water partition coefficient (Wildman–Crippen LogP) is 4.47. The van der Waals surface area contributed by atoms with Gasteiger partial charge < -0.3 is 4.74 Å². The molecule has 72 valence electrons. The first-order valence-electron chi connectivity index (χ1n) is 3.10. The highest BCUT2D eigenvalue weighted by Gasteiger charge is 2.12. The Labute approximate surface area is 95.3 Å². The van der Waals surface area contributed by atoms with E-state index in [2.05, 4.69) is 36.6 Å². The molecule has 0 saturated heterocycles. The summed E-state index contributed by atoms with van der Waals surface area (Å²) in [6, 6.07) is 2.83. The first-order chi connectivity index (χ1) is 6.02. The van der Waals surface area contributed by atoms with Crippen LogP contribution in [0, 0.1) is 0 Å². The van der Waals surface area contributed by atoms with Crippen molar-refractivity contribution < 1.29 is 13.5 Å². The van der Waals surface area contributed by atoms with E-state index < -0.39 is 6.61 Å². The van der Waals surface area contributed by atoms with Crippen LogP contribution >= 0.6 is 43.5 Å². The first-order valence-corrected chi connectivity index (χ1v) is 5.07.